The van der Waals surface area contributed by atoms with Crippen molar-refractivity contribution in [1.82, 2.24) is 0 Å². The van der Waals surface area contributed by atoms with Crippen LogP contribution in [0.4, 0.5) is 0 Å². The summed E-state index contributed by atoms with van der Waals surface area (Å²) in [5.74, 6) is 0. The fourth-order valence-electron chi connectivity index (χ4n) is 0.650. The first kappa shape index (κ1) is 10.6. The second-order valence-corrected chi connectivity index (χ2v) is 3.60. The van der Waals surface area contributed by atoms with E-state index in [4.69, 9.17) is 9.32 Å². The van der Waals surface area contributed by atoms with Crippen molar-refractivity contribution in [3.05, 3.63) is 0 Å². The molecule has 0 radical (unpaired) electrons. The second kappa shape index (κ2) is 9.62. The van der Waals surface area contributed by atoms with E-state index in [0.717, 1.165) is 24.0 Å². The molecule has 0 saturated heterocycles. The third-order valence-corrected chi connectivity index (χ3v) is 2.03. The minimum Gasteiger partial charge on any atom is -0.304 e. The van der Waals surface area contributed by atoms with Crippen LogP contribution in [0.25, 0.3) is 0 Å². The van der Waals surface area contributed by atoms with Gasteiger partial charge in [-0.1, -0.05) is 26.2 Å². The van der Waals surface area contributed by atoms with Gasteiger partial charge in [0, 0.05) is 11.0 Å². The monoisotopic (exact) mass is 181 g/mol. The summed E-state index contributed by atoms with van der Waals surface area (Å²) in [4.78, 5) is 0. The Bertz CT molecular complexity index is 55.7. The van der Waals surface area contributed by atoms with Gasteiger partial charge in [-0.25, -0.2) is 0 Å². The lowest BCUT2D eigenvalue weighted by Gasteiger charge is -1.98. The number of rotatable bonds is 7. The molecule has 0 aliphatic rings. The third kappa shape index (κ3) is 8.62. The minimum atomic E-state index is 0.828. The first-order valence-corrected chi connectivity index (χ1v) is 5.70. The van der Waals surface area contributed by atoms with Crippen LogP contribution in [0.15, 0.2) is 0 Å². The molecule has 0 atom stereocenters. The van der Waals surface area contributed by atoms with E-state index in [2.05, 4.69) is 6.92 Å². The van der Waals surface area contributed by atoms with Crippen molar-refractivity contribution < 1.29 is 4.18 Å². The van der Waals surface area contributed by atoms with E-state index in [-0.39, 0.29) is 0 Å². The third-order valence-electron chi connectivity index (χ3n) is 1.17. The van der Waals surface area contributed by atoms with E-state index in [1.54, 1.807) is 0 Å². The van der Waals surface area contributed by atoms with E-state index in [1.807, 2.05) is 0 Å². The van der Waals surface area contributed by atoms with E-state index >= 15 is 0 Å². The van der Waals surface area contributed by atoms with Gasteiger partial charge in [-0.15, -0.1) is 0 Å². The summed E-state index contributed by atoms with van der Waals surface area (Å²) in [5, 5.41) is 5.12. The van der Waals surface area contributed by atoms with Crippen LogP contribution in [0.2, 0.25) is 0 Å². The first-order chi connectivity index (χ1) is 4.91. The van der Waals surface area contributed by atoms with Crippen molar-refractivity contribution in [1.29, 1.82) is 0 Å². The van der Waals surface area contributed by atoms with E-state index in [0.29, 0.717) is 0 Å². The molecular weight excluding hydrogens is 166 g/mol. The summed E-state index contributed by atoms with van der Waals surface area (Å²) in [6.45, 7) is 3.03. The Morgan fingerprint density at radius 2 is 2.10 bits per heavy atom. The predicted molar refractivity (Wildman–Crippen MR) is 49.5 cm³/mol. The number of hydrogen-bond acceptors (Lipinski definition) is 4. The van der Waals surface area contributed by atoms with Gasteiger partial charge >= 0.3 is 0 Å². The predicted octanol–water partition coefficient (Wildman–Crippen LogP) is 2.75. The molecule has 0 aromatic heterocycles. The summed E-state index contributed by atoms with van der Waals surface area (Å²) in [5.41, 5.74) is 0. The van der Waals surface area contributed by atoms with Gasteiger partial charge in [0.25, 0.3) is 0 Å². The highest BCUT2D eigenvalue weighted by Gasteiger charge is 1.88. The van der Waals surface area contributed by atoms with E-state index in [9.17, 15) is 0 Å². The Labute approximate surface area is 71.0 Å². The first-order valence-electron chi connectivity index (χ1n) is 3.56. The SMILES string of the molecule is CCCCCCOSSN. The minimum absolute atomic E-state index is 0.828. The highest BCUT2D eigenvalue weighted by atomic mass is 33.1. The van der Waals surface area contributed by atoms with Crippen molar-refractivity contribution in [3.8, 4) is 0 Å². The standard InChI is InChI=1S/C6H15NOS2/c1-2-3-4-5-6-8-10-9-7/h2-7H2,1H3. The molecule has 0 rings (SSSR count). The van der Waals surface area contributed by atoms with Crippen LogP contribution in [0, 0.1) is 0 Å². The lowest BCUT2D eigenvalue weighted by atomic mass is 10.2. The van der Waals surface area contributed by atoms with Crippen LogP contribution < -0.4 is 5.14 Å². The smallest absolute Gasteiger partial charge is 0.0788 e. The maximum atomic E-state index is 5.12. The zero-order valence-electron chi connectivity index (χ0n) is 6.34. The van der Waals surface area contributed by atoms with Crippen LogP contribution in [-0.4, -0.2) is 6.61 Å². The van der Waals surface area contributed by atoms with E-state index in [1.165, 1.54) is 30.3 Å². The summed E-state index contributed by atoms with van der Waals surface area (Å²) in [7, 11) is 1.16. The van der Waals surface area contributed by atoms with Crippen LogP contribution >= 0.6 is 22.1 Å². The molecule has 2 N–H and O–H groups in total. The Kier molecular flexibility index (Phi) is 10.2. The van der Waals surface area contributed by atoms with Crippen molar-refractivity contribution >= 4 is 22.1 Å². The molecule has 0 fully saturated rings. The molecule has 0 amide bonds. The summed E-state index contributed by atoms with van der Waals surface area (Å²) in [6.07, 6.45) is 5.01. The molecule has 0 spiro atoms. The van der Waals surface area contributed by atoms with Crippen molar-refractivity contribution in [2.24, 2.45) is 5.14 Å². The number of hydrogen-bond donors (Lipinski definition) is 1. The average molecular weight is 181 g/mol. The summed E-state index contributed by atoms with van der Waals surface area (Å²) < 4.78 is 5.08. The van der Waals surface area contributed by atoms with Crippen molar-refractivity contribution in [2.45, 2.75) is 32.6 Å². The quantitative estimate of drug-likeness (QED) is 0.283. The molecule has 0 aliphatic carbocycles. The fourth-order valence-corrected chi connectivity index (χ4v) is 1.26. The Morgan fingerprint density at radius 1 is 1.30 bits per heavy atom. The summed E-state index contributed by atoms with van der Waals surface area (Å²) in [6, 6.07) is 0. The van der Waals surface area contributed by atoms with Gasteiger partial charge in [0.15, 0.2) is 0 Å². The number of nitrogens with two attached hydrogens (primary N) is 1. The highest BCUT2D eigenvalue weighted by Crippen LogP contribution is 2.15. The fraction of sp³-hybridized carbons (Fsp3) is 1.00. The number of unbranched alkanes of at least 4 members (excludes halogenated alkanes) is 3. The zero-order valence-corrected chi connectivity index (χ0v) is 7.97. The lowest BCUT2D eigenvalue weighted by Crippen LogP contribution is -1.86. The van der Waals surface area contributed by atoms with Crippen LogP contribution in [-0.2, 0) is 4.18 Å². The Morgan fingerprint density at radius 3 is 2.70 bits per heavy atom. The molecule has 62 valence electrons. The maximum Gasteiger partial charge on any atom is 0.0788 e. The molecule has 0 aliphatic heterocycles. The van der Waals surface area contributed by atoms with E-state index < -0.39 is 0 Å². The topological polar surface area (TPSA) is 35.2 Å². The van der Waals surface area contributed by atoms with Crippen molar-refractivity contribution in [3.63, 3.8) is 0 Å². The molecule has 0 aromatic rings. The molecule has 0 saturated carbocycles. The molecule has 2 nitrogen and oxygen atoms in total. The van der Waals surface area contributed by atoms with Gasteiger partial charge in [0.2, 0.25) is 0 Å². The largest absolute Gasteiger partial charge is 0.304 e. The van der Waals surface area contributed by atoms with Gasteiger partial charge in [0.1, 0.15) is 0 Å². The average Bonchev–Trinajstić information content (AvgIpc) is 1.97. The molecule has 4 heteroatoms. The maximum absolute atomic E-state index is 5.12. The molecule has 10 heavy (non-hydrogen) atoms. The van der Waals surface area contributed by atoms with Crippen LogP contribution in [0.3, 0.4) is 0 Å². The molecule has 0 aromatic carbocycles. The Hall–Kier alpha value is 0.620. The van der Waals surface area contributed by atoms with Crippen LogP contribution in [0.1, 0.15) is 32.6 Å². The normalized spacial score (nSPS) is 10.2. The zero-order chi connectivity index (χ0) is 7.66. The van der Waals surface area contributed by atoms with Crippen LogP contribution in [0.5, 0.6) is 0 Å². The second-order valence-electron chi connectivity index (χ2n) is 2.05. The molecule has 0 heterocycles. The molecular formula is C6H15NOS2. The van der Waals surface area contributed by atoms with Gasteiger partial charge < -0.3 is 4.18 Å². The Balaban J connectivity index is 2.65. The molecule has 0 bridgehead atoms. The van der Waals surface area contributed by atoms with Gasteiger partial charge in [-0.05, 0) is 6.42 Å². The van der Waals surface area contributed by atoms with Gasteiger partial charge in [-0.2, -0.15) is 0 Å². The van der Waals surface area contributed by atoms with Crippen molar-refractivity contribution in [2.75, 3.05) is 6.61 Å². The lowest BCUT2D eigenvalue weighted by molar-refractivity contribution is 0.361. The van der Waals surface area contributed by atoms with Gasteiger partial charge in [0.05, 0.1) is 17.7 Å². The van der Waals surface area contributed by atoms with Gasteiger partial charge in [-0.3, -0.25) is 5.14 Å². The molecule has 0 unspecified atom stereocenters. The highest BCUT2D eigenvalue weighted by molar-refractivity contribution is 8.74. The summed E-state index contributed by atoms with van der Waals surface area (Å²) >= 11 is 1.26.